The van der Waals surface area contributed by atoms with Crippen molar-refractivity contribution in [1.29, 1.82) is 0 Å². The van der Waals surface area contributed by atoms with Crippen LogP contribution in [0.2, 0.25) is 0 Å². The van der Waals surface area contributed by atoms with Crippen LogP contribution in [0.1, 0.15) is 19.4 Å². The fraction of sp³-hybridized carbons (Fsp3) is 0.429. The largest absolute Gasteiger partial charge is 0.501 e. The Bertz CT molecular complexity index is 423. The molecule has 0 saturated carbocycles. The first kappa shape index (κ1) is 14.9. The molecule has 0 fully saturated rings. The van der Waals surface area contributed by atoms with Gasteiger partial charge in [-0.3, -0.25) is 4.21 Å². The van der Waals surface area contributed by atoms with Crippen molar-refractivity contribution in [2.45, 2.75) is 31.8 Å². The minimum atomic E-state index is -1.19. The Labute approximate surface area is 111 Å². The van der Waals surface area contributed by atoms with Crippen molar-refractivity contribution >= 4 is 10.8 Å². The van der Waals surface area contributed by atoms with Crippen LogP contribution < -0.4 is 0 Å². The average molecular weight is 268 g/mol. The molecule has 2 atom stereocenters. The third-order valence-electron chi connectivity index (χ3n) is 2.55. The Kier molecular flexibility index (Phi) is 6.09. The summed E-state index contributed by atoms with van der Waals surface area (Å²) >= 11 is 0. The van der Waals surface area contributed by atoms with Gasteiger partial charge < -0.3 is 9.84 Å². The van der Waals surface area contributed by atoms with E-state index in [1.54, 1.807) is 6.92 Å². The number of hydrogen-bond donors (Lipinski definition) is 1. The van der Waals surface area contributed by atoms with E-state index in [1.807, 2.05) is 38.1 Å². The summed E-state index contributed by atoms with van der Waals surface area (Å²) in [4.78, 5) is 0.740. The molecule has 3 nitrogen and oxygen atoms in total. The van der Waals surface area contributed by atoms with E-state index in [4.69, 9.17) is 4.74 Å². The Morgan fingerprint density at radius 2 is 2.06 bits per heavy atom. The highest BCUT2D eigenvalue weighted by molar-refractivity contribution is 7.85. The predicted molar refractivity (Wildman–Crippen MR) is 73.8 cm³/mol. The van der Waals surface area contributed by atoms with E-state index in [2.05, 4.69) is 0 Å². The summed E-state index contributed by atoms with van der Waals surface area (Å²) in [6.07, 6.45) is 0.787. The Morgan fingerprint density at radius 1 is 1.44 bits per heavy atom. The van der Waals surface area contributed by atoms with Crippen molar-refractivity contribution in [2.24, 2.45) is 0 Å². The minimum absolute atomic E-state index is 0.193. The fourth-order valence-corrected chi connectivity index (χ4v) is 2.54. The van der Waals surface area contributed by atoms with Gasteiger partial charge in [-0.2, -0.15) is 0 Å². The van der Waals surface area contributed by atoms with Gasteiger partial charge >= 0.3 is 0 Å². The molecule has 4 heteroatoms. The smallest absolute Gasteiger partial charge is 0.0898 e. The summed E-state index contributed by atoms with van der Waals surface area (Å²) in [6, 6.07) is 7.50. The zero-order valence-corrected chi connectivity index (χ0v) is 11.9. The summed E-state index contributed by atoms with van der Waals surface area (Å²) in [5.74, 6) is 0.193. The molecule has 18 heavy (non-hydrogen) atoms. The molecular weight excluding hydrogens is 248 g/mol. The maximum Gasteiger partial charge on any atom is 0.0898 e. The highest BCUT2D eigenvalue weighted by Crippen LogP contribution is 2.12. The predicted octanol–water partition coefficient (Wildman–Crippen LogP) is 2.40. The van der Waals surface area contributed by atoms with Crippen molar-refractivity contribution < 1.29 is 14.1 Å². The first-order valence-corrected chi connectivity index (χ1v) is 7.28. The lowest BCUT2D eigenvalue weighted by atomic mass is 10.2. The third kappa shape index (κ3) is 4.63. The second-order valence-electron chi connectivity index (χ2n) is 4.16. The van der Waals surface area contributed by atoms with E-state index in [-0.39, 0.29) is 5.75 Å². The Morgan fingerprint density at radius 3 is 2.61 bits per heavy atom. The molecule has 100 valence electrons. The minimum Gasteiger partial charge on any atom is -0.501 e. The first-order valence-electron chi connectivity index (χ1n) is 5.96. The van der Waals surface area contributed by atoms with E-state index in [0.717, 1.165) is 10.5 Å². The van der Waals surface area contributed by atoms with Gasteiger partial charge in [0, 0.05) is 4.90 Å². The van der Waals surface area contributed by atoms with Gasteiger partial charge in [-0.25, -0.2) is 0 Å². The van der Waals surface area contributed by atoms with Crippen LogP contribution in [0.25, 0.3) is 0 Å². The molecule has 0 radical (unpaired) electrons. The molecule has 1 rings (SSSR count). The summed E-state index contributed by atoms with van der Waals surface area (Å²) in [5.41, 5.74) is 1.82. The topological polar surface area (TPSA) is 46.5 Å². The van der Waals surface area contributed by atoms with Crippen molar-refractivity contribution in [3.05, 3.63) is 41.7 Å². The molecule has 0 aliphatic rings. The zero-order chi connectivity index (χ0) is 13.5. The van der Waals surface area contributed by atoms with Crippen LogP contribution in [0.15, 0.2) is 41.0 Å². The maximum atomic E-state index is 12.0. The van der Waals surface area contributed by atoms with E-state index in [9.17, 15) is 9.32 Å². The molecule has 0 saturated heterocycles. The number of aliphatic hydroxyl groups is 1. The number of aryl methyl sites for hydroxylation is 1. The van der Waals surface area contributed by atoms with Crippen LogP contribution in [-0.2, 0) is 15.5 Å². The molecule has 0 aliphatic carbocycles. The van der Waals surface area contributed by atoms with Gasteiger partial charge in [0.15, 0.2) is 0 Å². The van der Waals surface area contributed by atoms with Crippen LogP contribution in [0.5, 0.6) is 0 Å². The summed E-state index contributed by atoms with van der Waals surface area (Å²) in [5, 5.41) is 9.89. The van der Waals surface area contributed by atoms with Crippen molar-refractivity contribution in [3.8, 4) is 0 Å². The van der Waals surface area contributed by atoms with Gasteiger partial charge in [0.1, 0.15) is 0 Å². The average Bonchev–Trinajstić information content (AvgIpc) is 2.36. The number of hydrogen-bond acceptors (Lipinski definition) is 3. The normalized spacial score (nSPS) is 15.2. The van der Waals surface area contributed by atoms with Crippen LogP contribution in [-0.4, -0.2) is 27.8 Å². The van der Waals surface area contributed by atoms with Crippen LogP contribution >= 0.6 is 0 Å². The SMILES string of the molecule is CCO/C=C(\C)C(O)C[S@@](=O)c1ccc(C)cc1. The quantitative estimate of drug-likeness (QED) is 0.806. The van der Waals surface area contributed by atoms with E-state index < -0.39 is 16.9 Å². The summed E-state index contributed by atoms with van der Waals surface area (Å²) in [7, 11) is -1.19. The van der Waals surface area contributed by atoms with Gasteiger partial charge in [0.25, 0.3) is 0 Å². The molecule has 0 spiro atoms. The molecule has 0 heterocycles. The Hall–Kier alpha value is -1.13. The van der Waals surface area contributed by atoms with Gasteiger partial charge in [0.05, 0.1) is 35.5 Å². The van der Waals surface area contributed by atoms with Gasteiger partial charge in [-0.1, -0.05) is 17.7 Å². The molecule has 0 amide bonds. The number of rotatable bonds is 6. The molecule has 0 bridgehead atoms. The molecule has 1 aromatic rings. The van der Waals surface area contributed by atoms with Crippen LogP contribution in [0, 0.1) is 6.92 Å². The van der Waals surface area contributed by atoms with Crippen molar-refractivity contribution in [3.63, 3.8) is 0 Å². The van der Waals surface area contributed by atoms with Gasteiger partial charge in [-0.05, 0) is 38.5 Å². The highest BCUT2D eigenvalue weighted by atomic mass is 32.2. The third-order valence-corrected chi connectivity index (χ3v) is 3.97. The van der Waals surface area contributed by atoms with Crippen molar-refractivity contribution in [2.75, 3.05) is 12.4 Å². The molecular formula is C14H20O3S. The van der Waals surface area contributed by atoms with Gasteiger partial charge in [-0.15, -0.1) is 0 Å². The van der Waals surface area contributed by atoms with Crippen molar-refractivity contribution in [1.82, 2.24) is 0 Å². The lowest BCUT2D eigenvalue weighted by molar-refractivity contribution is 0.215. The highest BCUT2D eigenvalue weighted by Gasteiger charge is 2.13. The number of ether oxygens (including phenoxy) is 1. The Balaban J connectivity index is 2.62. The second-order valence-corrected chi connectivity index (χ2v) is 5.65. The van der Waals surface area contributed by atoms with E-state index in [0.29, 0.717) is 12.2 Å². The summed E-state index contributed by atoms with van der Waals surface area (Å²) < 4.78 is 17.1. The van der Waals surface area contributed by atoms with E-state index in [1.165, 1.54) is 6.26 Å². The molecule has 0 aliphatic heterocycles. The lowest BCUT2D eigenvalue weighted by Crippen LogP contribution is -2.18. The maximum absolute atomic E-state index is 12.0. The standard InChI is InChI=1S/C14H20O3S/c1-4-17-9-12(3)14(15)10-18(16)13-7-5-11(2)6-8-13/h5-9,14-15H,4,10H2,1-3H3/b12-9+/t14?,18-/m1/s1. The molecule has 1 unspecified atom stereocenters. The first-order chi connectivity index (χ1) is 8.54. The van der Waals surface area contributed by atoms with Crippen LogP contribution in [0.4, 0.5) is 0 Å². The number of aliphatic hydroxyl groups excluding tert-OH is 1. The van der Waals surface area contributed by atoms with E-state index >= 15 is 0 Å². The fourth-order valence-electron chi connectivity index (χ4n) is 1.35. The monoisotopic (exact) mass is 268 g/mol. The molecule has 1 aromatic carbocycles. The zero-order valence-electron chi connectivity index (χ0n) is 11.1. The molecule has 1 N–H and O–H groups in total. The van der Waals surface area contributed by atoms with Crippen LogP contribution in [0.3, 0.4) is 0 Å². The number of benzene rings is 1. The second kappa shape index (κ2) is 7.34. The lowest BCUT2D eigenvalue weighted by Gasteiger charge is -2.11. The molecule has 0 aromatic heterocycles. The summed E-state index contributed by atoms with van der Waals surface area (Å²) in [6.45, 7) is 6.19. The van der Waals surface area contributed by atoms with Gasteiger partial charge in [0.2, 0.25) is 0 Å².